The van der Waals surface area contributed by atoms with Gasteiger partial charge in [0.05, 0.1) is 58.4 Å². The van der Waals surface area contributed by atoms with Crippen molar-refractivity contribution in [2.24, 2.45) is 5.73 Å². The molecule has 0 bridgehead atoms. The molecule has 0 aliphatic heterocycles. The molecule has 0 radical (unpaired) electrons. The Bertz CT molecular complexity index is 752. The predicted octanol–water partition coefficient (Wildman–Crippen LogP) is 2.73. The van der Waals surface area contributed by atoms with Crippen molar-refractivity contribution in [2.75, 3.05) is 46.2 Å². The van der Waals surface area contributed by atoms with Crippen LogP contribution in [0.5, 0.6) is 0 Å². The second kappa shape index (κ2) is 18.9. The number of alkyl carbamates (subject to hydrolysis) is 1. The van der Waals surface area contributed by atoms with Crippen LogP contribution in [0.4, 0.5) is 4.79 Å². The van der Waals surface area contributed by atoms with Gasteiger partial charge in [0.25, 0.3) is 0 Å². The van der Waals surface area contributed by atoms with E-state index in [0.717, 1.165) is 18.4 Å². The van der Waals surface area contributed by atoms with Crippen LogP contribution in [-0.2, 0) is 41.5 Å². The smallest absolute Gasteiger partial charge is 0.407 e. The van der Waals surface area contributed by atoms with Crippen molar-refractivity contribution in [1.29, 1.82) is 0 Å². The van der Waals surface area contributed by atoms with E-state index in [2.05, 4.69) is 17.4 Å². The first-order valence-electron chi connectivity index (χ1n) is 12.9. The zero-order valence-electron chi connectivity index (χ0n) is 22.8. The number of hydrogen-bond acceptors (Lipinski definition) is 8. The number of carbonyl (C=O) groups excluding carboxylic acids is 2. The Morgan fingerprint density at radius 3 is 2.08 bits per heavy atom. The number of ether oxygens (including phenoxy) is 5. The zero-order chi connectivity index (χ0) is 27.5. The van der Waals surface area contributed by atoms with Crippen LogP contribution in [0.15, 0.2) is 24.3 Å². The maximum atomic E-state index is 12.2. The lowest BCUT2D eigenvalue weighted by atomic mass is 10.1. The van der Waals surface area contributed by atoms with Crippen LogP contribution >= 0.6 is 0 Å². The van der Waals surface area contributed by atoms with Crippen LogP contribution in [-0.4, -0.2) is 81.1 Å². The topological polar surface area (TPSA) is 139 Å². The summed E-state index contributed by atoms with van der Waals surface area (Å²) < 4.78 is 27.4. The molecule has 10 heteroatoms. The first-order chi connectivity index (χ1) is 17.6. The molecule has 2 amide bonds. The average Bonchev–Trinajstić information content (AvgIpc) is 2.83. The molecule has 37 heavy (non-hydrogen) atoms. The molecule has 4 N–H and O–H groups in total. The minimum Gasteiger partial charge on any atom is -0.444 e. The van der Waals surface area contributed by atoms with Gasteiger partial charge in [0.15, 0.2) is 0 Å². The van der Waals surface area contributed by atoms with E-state index in [-0.39, 0.29) is 19.1 Å². The maximum absolute atomic E-state index is 12.2. The molecule has 1 aromatic carbocycles. The van der Waals surface area contributed by atoms with Crippen LogP contribution in [0, 0.1) is 0 Å². The minimum atomic E-state index is -0.623. The molecule has 1 aromatic rings. The maximum Gasteiger partial charge on any atom is 0.407 e. The third kappa shape index (κ3) is 17.8. The summed E-state index contributed by atoms with van der Waals surface area (Å²) in [7, 11) is 0. The predicted molar refractivity (Wildman–Crippen MR) is 140 cm³/mol. The highest BCUT2D eigenvalue weighted by molar-refractivity contribution is 5.74. The van der Waals surface area contributed by atoms with Gasteiger partial charge in [0, 0.05) is 13.0 Å². The van der Waals surface area contributed by atoms with Crippen molar-refractivity contribution in [2.45, 2.75) is 77.7 Å². The largest absolute Gasteiger partial charge is 0.444 e. The third-order valence-electron chi connectivity index (χ3n) is 5.24. The Morgan fingerprint density at radius 1 is 0.946 bits per heavy atom. The molecule has 0 aliphatic carbocycles. The van der Waals surface area contributed by atoms with Crippen molar-refractivity contribution in [3.05, 3.63) is 35.4 Å². The molecule has 0 unspecified atom stereocenters. The van der Waals surface area contributed by atoms with Gasteiger partial charge in [-0.1, -0.05) is 24.3 Å². The SMILES string of the molecule is C[C@@H](OCc1ccc(CCCOCCOCCOCCO)cc1)[C@H](CCC(N)=O)NC(=O)OC(C)(C)C. The van der Waals surface area contributed by atoms with E-state index in [9.17, 15) is 9.59 Å². The van der Waals surface area contributed by atoms with Crippen LogP contribution in [0.2, 0.25) is 0 Å². The van der Waals surface area contributed by atoms with E-state index in [1.165, 1.54) is 5.56 Å². The quantitative estimate of drug-likeness (QED) is 0.221. The van der Waals surface area contributed by atoms with Crippen molar-refractivity contribution < 1.29 is 38.4 Å². The summed E-state index contributed by atoms with van der Waals surface area (Å²) >= 11 is 0. The molecule has 1 rings (SSSR count). The fourth-order valence-electron chi connectivity index (χ4n) is 3.31. The second-order valence-corrected chi connectivity index (χ2v) is 9.75. The zero-order valence-corrected chi connectivity index (χ0v) is 22.8. The van der Waals surface area contributed by atoms with Gasteiger partial charge in [0.2, 0.25) is 5.91 Å². The first kappa shape index (κ1) is 32.8. The average molecular weight is 527 g/mol. The van der Waals surface area contributed by atoms with Gasteiger partial charge in [-0.25, -0.2) is 4.79 Å². The molecule has 10 nitrogen and oxygen atoms in total. The molecule has 2 atom stereocenters. The number of amides is 2. The van der Waals surface area contributed by atoms with E-state index in [4.69, 9.17) is 34.5 Å². The van der Waals surface area contributed by atoms with E-state index in [0.29, 0.717) is 52.7 Å². The van der Waals surface area contributed by atoms with Crippen molar-refractivity contribution in [3.8, 4) is 0 Å². The molecule has 0 saturated heterocycles. The Morgan fingerprint density at radius 2 is 1.51 bits per heavy atom. The van der Waals surface area contributed by atoms with Crippen molar-refractivity contribution in [1.82, 2.24) is 5.32 Å². The number of benzene rings is 1. The summed E-state index contributed by atoms with van der Waals surface area (Å²) in [6.07, 6.45) is 1.41. The molecule has 0 saturated carbocycles. The van der Waals surface area contributed by atoms with E-state index in [1.54, 1.807) is 20.8 Å². The lowest BCUT2D eigenvalue weighted by Gasteiger charge is -2.27. The number of nitrogens with two attached hydrogens (primary N) is 1. The number of aryl methyl sites for hydroxylation is 1. The minimum absolute atomic E-state index is 0.0218. The summed E-state index contributed by atoms with van der Waals surface area (Å²) in [4.78, 5) is 23.5. The Labute approximate surface area is 221 Å². The first-order valence-corrected chi connectivity index (χ1v) is 12.9. The summed E-state index contributed by atoms with van der Waals surface area (Å²) in [6, 6.07) is 7.78. The highest BCUT2D eigenvalue weighted by Crippen LogP contribution is 2.14. The fourth-order valence-corrected chi connectivity index (χ4v) is 3.31. The van der Waals surface area contributed by atoms with Crippen molar-refractivity contribution in [3.63, 3.8) is 0 Å². The summed E-state index contributed by atoms with van der Waals surface area (Å²) in [5.41, 5.74) is 6.89. The Balaban J connectivity index is 2.33. The number of hydrogen-bond donors (Lipinski definition) is 3. The molecule has 0 fully saturated rings. The normalized spacial score (nSPS) is 13.2. The van der Waals surface area contributed by atoms with Gasteiger partial charge < -0.3 is 39.8 Å². The lowest BCUT2D eigenvalue weighted by Crippen LogP contribution is -2.45. The molecule has 0 spiro atoms. The van der Waals surface area contributed by atoms with Crippen LogP contribution in [0.3, 0.4) is 0 Å². The summed E-state index contributed by atoms with van der Waals surface area (Å²) in [6.45, 7) is 10.6. The van der Waals surface area contributed by atoms with Gasteiger partial charge in [-0.05, 0) is 58.1 Å². The molecule has 0 aliphatic rings. The highest BCUT2D eigenvalue weighted by Gasteiger charge is 2.24. The number of aliphatic hydroxyl groups is 1. The number of carbonyl (C=O) groups is 2. The number of primary amides is 1. The second-order valence-electron chi connectivity index (χ2n) is 9.75. The van der Waals surface area contributed by atoms with E-state index >= 15 is 0 Å². The monoisotopic (exact) mass is 526 g/mol. The number of rotatable bonds is 20. The highest BCUT2D eigenvalue weighted by atomic mass is 16.6. The number of nitrogens with one attached hydrogen (secondary N) is 1. The van der Waals surface area contributed by atoms with Crippen LogP contribution < -0.4 is 11.1 Å². The molecule has 0 aromatic heterocycles. The fraction of sp³-hybridized carbons (Fsp3) is 0.704. The van der Waals surface area contributed by atoms with Gasteiger partial charge >= 0.3 is 6.09 Å². The van der Waals surface area contributed by atoms with Crippen LogP contribution in [0.25, 0.3) is 0 Å². The molecular weight excluding hydrogens is 480 g/mol. The Hall–Kier alpha value is -2.24. The van der Waals surface area contributed by atoms with Gasteiger partial charge in [0.1, 0.15) is 5.60 Å². The molecular formula is C27H46N2O8. The standard InChI is InChI=1S/C27H46N2O8/c1-21(24(11-12-25(28)31)29-26(32)37-27(2,3)4)36-20-23-9-7-22(8-10-23)6-5-14-33-16-18-35-19-17-34-15-13-30/h7-10,21,24,30H,5-6,11-20H2,1-4H3,(H2,28,31)(H,29,32)/t21-,24+/m1/s1. The van der Waals surface area contributed by atoms with Crippen LogP contribution in [0.1, 0.15) is 58.1 Å². The van der Waals surface area contributed by atoms with Crippen molar-refractivity contribution >= 4 is 12.0 Å². The number of aliphatic hydroxyl groups excluding tert-OH is 1. The van der Waals surface area contributed by atoms with E-state index < -0.39 is 23.6 Å². The van der Waals surface area contributed by atoms with E-state index in [1.807, 2.05) is 19.1 Å². The molecule has 0 heterocycles. The molecule has 212 valence electrons. The van der Waals surface area contributed by atoms with Gasteiger partial charge in [-0.15, -0.1) is 0 Å². The van der Waals surface area contributed by atoms with Gasteiger partial charge in [-0.3, -0.25) is 4.79 Å². The van der Waals surface area contributed by atoms with Gasteiger partial charge in [-0.2, -0.15) is 0 Å². The third-order valence-corrected chi connectivity index (χ3v) is 5.24. The summed E-state index contributed by atoms with van der Waals surface area (Å²) in [5, 5.41) is 11.4. The summed E-state index contributed by atoms with van der Waals surface area (Å²) in [5.74, 6) is -0.432. The Kier molecular flexibility index (Phi) is 16.8. The lowest BCUT2D eigenvalue weighted by molar-refractivity contribution is -0.118.